The minimum Gasteiger partial charge on any atom is -0.504 e. The molecular weight excluding hydrogens is 268 g/mol. The highest BCUT2D eigenvalue weighted by molar-refractivity contribution is 7.79. The van der Waals surface area contributed by atoms with Crippen molar-refractivity contribution in [3.05, 3.63) is 23.8 Å². The molecule has 1 aromatic carbocycles. The third-order valence-corrected chi connectivity index (χ3v) is 1.59. The van der Waals surface area contributed by atoms with E-state index in [1.165, 1.54) is 13.2 Å². The Hall–Kier alpha value is -1.88. The van der Waals surface area contributed by atoms with Crippen LogP contribution in [0.4, 0.5) is 0 Å². The predicted octanol–water partition coefficient (Wildman–Crippen LogP) is -0.648. The van der Waals surface area contributed by atoms with E-state index < -0.39 is 16.3 Å². The molecule has 0 aromatic heterocycles. The summed E-state index contributed by atoms with van der Waals surface area (Å²) in [4.78, 5) is 11.1. The lowest BCUT2D eigenvalue weighted by molar-refractivity contribution is 0.0950. The zero-order chi connectivity index (χ0) is 14.3. The van der Waals surface area contributed by atoms with Crippen LogP contribution in [0.2, 0.25) is 0 Å². The minimum absolute atomic E-state index is 0.0850. The van der Waals surface area contributed by atoms with Gasteiger partial charge in [0.2, 0.25) is 0 Å². The Morgan fingerprint density at radius 1 is 1.39 bits per heavy atom. The second-order valence-electron chi connectivity index (χ2n) is 2.78. The number of hydrogen-bond acceptors (Lipinski definition) is 6. The fourth-order valence-corrected chi connectivity index (χ4v) is 0.948. The van der Waals surface area contributed by atoms with Crippen molar-refractivity contribution in [2.24, 2.45) is 5.84 Å². The second kappa shape index (κ2) is 6.76. The third-order valence-electron chi connectivity index (χ3n) is 1.59. The summed E-state index contributed by atoms with van der Waals surface area (Å²) >= 11 is 0. The van der Waals surface area contributed by atoms with Crippen LogP contribution < -0.4 is 16.0 Å². The highest BCUT2D eigenvalue weighted by Gasteiger charge is 2.12. The number of aromatic hydroxyl groups is 1. The van der Waals surface area contributed by atoms with Gasteiger partial charge in [-0.1, -0.05) is 6.07 Å². The number of para-hydroxylation sites is 1. The molecule has 1 aromatic rings. The monoisotopic (exact) mass is 280 g/mol. The fraction of sp³-hybridized carbons (Fsp3) is 0.125. The van der Waals surface area contributed by atoms with Crippen LogP contribution in [0.15, 0.2) is 18.2 Å². The first-order chi connectivity index (χ1) is 8.20. The van der Waals surface area contributed by atoms with Gasteiger partial charge in [0.1, 0.15) is 0 Å². The Kier molecular flexibility index (Phi) is 6.05. The first kappa shape index (κ1) is 16.1. The number of carbonyl (C=O) groups excluding carboxylic acids is 1. The molecule has 0 saturated carbocycles. The molecule has 10 heteroatoms. The van der Waals surface area contributed by atoms with Crippen LogP contribution in [-0.2, 0) is 10.4 Å². The molecule has 0 radical (unpaired) electrons. The average molecular weight is 280 g/mol. The van der Waals surface area contributed by atoms with Gasteiger partial charge >= 0.3 is 10.4 Å². The van der Waals surface area contributed by atoms with Gasteiger partial charge in [-0.25, -0.2) is 5.84 Å². The van der Waals surface area contributed by atoms with Crippen LogP contribution in [0.3, 0.4) is 0 Å². The molecule has 18 heavy (non-hydrogen) atoms. The molecular formula is C8H12N2O7S. The smallest absolute Gasteiger partial charge is 0.394 e. The zero-order valence-corrected chi connectivity index (χ0v) is 10.0. The molecule has 0 aliphatic heterocycles. The topological polar surface area (TPSA) is 159 Å². The van der Waals surface area contributed by atoms with Crippen molar-refractivity contribution in [2.75, 3.05) is 7.11 Å². The summed E-state index contributed by atoms with van der Waals surface area (Å²) in [5.41, 5.74) is 2.00. The summed E-state index contributed by atoms with van der Waals surface area (Å²) in [7, 11) is -3.26. The van der Waals surface area contributed by atoms with E-state index in [0.29, 0.717) is 0 Å². The molecule has 1 amide bonds. The van der Waals surface area contributed by atoms with Crippen LogP contribution in [0.5, 0.6) is 11.5 Å². The lowest BCUT2D eigenvalue weighted by Crippen LogP contribution is -2.30. The van der Waals surface area contributed by atoms with E-state index >= 15 is 0 Å². The van der Waals surface area contributed by atoms with Crippen molar-refractivity contribution in [2.45, 2.75) is 0 Å². The fourth-order valence-electron chi connectivity index (χ4n) is 0.948. The van der Waals surface area contributed by atoms with Crippen LogP contribution in [-0.4, -0.2) is 35.6 Å². The van der Waals surface area contributed by atoms with Crippen molar-refractivity contribution >= 4 is 16.3 Å². The Bertz CT molecular complexity index is 506. The summed E-state index contributed by atoms with van der Waals surface area (Å²) in [5, 5.41) is 9.45. The molecule has 1 rings (SSSR count). The van der Waals surface area contributed by atoms with Crippen molar-refractivity contribution < 1.29 is 32.2 Å². The van der Waals surface area contributed by atoms with Gasteiger partial charge in [0, 0.05) is 0 Å². The lowest BCUT2D eigenvalue weighted by Gasteiger charge is -2.06. The third kappa shape index (κ3) is 6.00. The number of methoxy groups -OCH3 is 1. The van der Waals surface area contributed by atoms with Gasteiger partial charge in [-0.15, -0.1) is 0 Å². The van der Waals surface area contributed by atoms with Gasteiger partial charge in [0.15, 0.2) is 11.5 Å². The van der Waals surface area contributed by atoms with Crippen LogP contribution >= 0.6 is 0 Å². The molecule has 9 nitrogen and oxygen atoms in total. The van der Waals surface area contributed by atoms with E-state index in [4.69, 9.17) is 28.1 Å². The maximum atomic E-state index is 11.1. The largest absolute Gasteiger partial charge is 0.504 e. The number of ether oxygens (including phenoxy) is 1. The summed E-state index contributed by atoms with van der Waals surface area (Å²) in [5.74, 6) is 4.38. The molecule has 0 spiro atoms. The van der Waals surface area contributed by atoms with E-state index in [0.717, 1.165) is 0 Å². The average Bonchev–Trinajstić information content (AvgIpc) is 2.26. The molecule has 0 aliphatic rings. The predicted molar refractivity (Wildman–Crippen MR) is 60.5 cm³/mol. The van der Waals surface area contributed by atoms with Gasteiger partial charge < -0.3 is 9.84 Å². The number of nitrogens with one attached hydrogen (secondary N) is 1. The van der Waals surface area contributed by atoms with E-state index in [9.17, 15) is 9.90 Å². The van der Waals surface area contributed by atoms with E-state index in [1.807, 2.05) is 5.43 Å². The number of hydrazine groups is 1. The maximum Gasteiger partial charge on any atom is 0.394 e. The molecule has 0 saturated heterocycles. The van der Waals surface area contributed by atoms with Crippen molar-refractivity contribution in [3.63, 3.8) is 0 Å². The number of nitrogen functional groups attached to an aromatic ring is 1. The van der Waals surface area contributed by atoms with E-state index in [-0.39, 0.29) is 17.1 Å². The van der Waals surface area contributed by atoms with E-state index in [2.05, 4.69) is 0 Å². The molecule has 6 N–H and O–H groups in total. The van der Waals surface area contributed by atoms with Gasteiger partial charge in [-0.3, -0.25) is 19.3 Å². The minimum atomic E-state index is -4.67. The number of hydrogen-bond donors (Lipinski definition) is 5. The zero-order valence-electron chi connectivity index (χ0n) is 9.19. The number of nitrogens with two attached hydrogens (primary N) is 1. The standard InChI is InChI=1S/C8H10N2O3.H2O4S/c1-13-6-4-2-3-5(7(6)11)8(12)10-9;1-5(2,3)4/h2-4,11H,9H2,1H3,(H,10,12);(H2,1,2,3,4). The quantitative estimate of drug-likeness (QED) is 0.207. The Morgan fingerprint density at radius 2 is 1.89 bits per heavy atom. The lowest BCUT2D eigenvalue weighted by atomic mass is 10.2. The number of phenolic OH excluding ortho intramolecular Hbond substituents is 1. The normalized spacial score (nSPS) is 10.0. The van der Waals surface area contributed by atoms with Gasteiger partial charge in [0.25, 0.3) is 5.91 Å². The molecule has 102 valence electrons. The number of carbonyl (C=O) groups is 1. The van der Waals surface area contributed by atoms with Crippen LogP contribution in [0.1, 0.15) is 10.4 Å². The van der Waals surface area contributed by atoms with Crippen molar-refractivity contribution in [1.29, 1.82) is 0 Å². The summed E-state index contributed by atoms with van der Waals surface area (Å²) in [6.45, 7) is 0. The number of benzene rings is 1. The molecule has 0 heterocycles. The number of phenols is 1. The van der Waals surface area contributed by atoms with Gasteiger partial charge in [-0.2, -0.15) is 8.42 Å². The van der Waals surface area contributed by atoms with Crippen molar-refractivity contribution in [1.82, 2.24) is 5.43 Å². The molecule has 0 unspecified atom stereocenters. The summed E-state index contributed by atoms with van der Waals surface area (Å²) in [6, 6.07) is 4.58. The molecule has 0 fully saturated rings. The molecule has 0 atom stereocenters. The van der Waals surface area contributed by atoms with Crippen LogP contribution in [0, 0.1) is 0 Å². The Balaban J connectivity index is 0.000000494. The summed E-state index contributed by atoms with van der Waals surface area (Å²) < 4.78 is 36.4. The summed E-state index contributed by atoms with van der Waals surface area (Å²) in [6.07, 6.45) is 0. The molecule has 0 aliphatic carbocycles. The Morgan fingerprint density at radius 3 is 2.28 bits per heavy atom. The van der Waals surface area contributed by atoms with Gasteiger partial charge in [0.05, 0.1) is 12.7 Å². The van der Waals surface area contributed by atoms with Crippen LogP contribution in [0.25, 0.3) is 0 Å². The first-order valence-corrected chi connectivity index (χ1v) is 5.67. The highest BCUT2D eigenvalue weighted by Crippen LogP contribution is 2.28. The SMILES string of the molecule is COc1cccc(C(=O)NN)c1O.O=S(=O)(O)O. The number of amides is 1. The van der Waals surface area contributed by atoms with E-state index in [1.54, 1.807) is 12.1 Å². The second-order valence-corrected chi connectivity index (χ2v) is 3.67. The van der Waals surface area contributed by atoms with Crippen molar-refractivity contribution in [3.8, 4) is 11.5 Å². The highest BCUT2D eigenvalue weighted by atomic mass is 32.3. The Labute approximate surface area is 103 Å². The first-order valence-electron chi connectivity index (χ1n) is 4.27. The maximum absolute atomic E-state index is 11.1. The van der Waals surface area contributed by atoms with Gasteiger partial charge in [-0.05, 0) is 12.1 Å². The molecule has 0 bridgehead atoms. The number of rotatable bonds is 2.